The fourth-order valence-corrected chi connectivity index (χ4v) is 26.3. The Bertz CT molecular complexity index is 7100. The summed E-state index contributed by atoms with van der Waals surface area (Å²) in [5.41, 5.74) is 26.0. The van der Waals surface area contributed by atoms with Crippen molar-refractivity contribution in [2.45, 2.75) is 195 Å². The Kier molecular flexibility index (Phi) is 30.0. The number of phenols is 1. The number of imidazole rings is 5. The van der Waals surface area contributed by atoms with Gasteiger partial charge in [-0.25, -0.2) is 29.9 Å². The lowest BCUT2D eigenvalue weighted by Crippen LogP contribution is -2.35. The average Bonchev–Trinajstić information content (AvgIpc) is 1.64. The van der Waals surface area contributed by atoms with Gasteiger partial charge in [-0.15, -0.1) is 11.3 Å². The van der Waals surface area contributed by atoms with Crippen LogP contribution in [0.3, 0.4) is 0 Å². The molecule has 10 fully saturated rings. The molecule has 0 saturated carbocycles. The SMILES string of the molecule is C1=NCc2cc(CN3CCC(n4c([C@@H]5CCNC5)nc5ccccc54)CC3)ccc21.Oc1ccc(CN2CCC(n3c([C@@H]4CCNC4)nc4ccccc43)CC2)cc1.c1cc(CN2CCC(n3c([C@@H]4CCNC4)nc4ccccc43)CC2)c2c(c1)OCO2.c1ccc(-c2cccc(CN3CCC(n4c([C@@H]5CCNC5)nc5ccccc54)CC3)c2)cc1.c1ccc2c(c1)nc([C@@H]1CCNC1)n2C1CCN(Cc2cscn2)CC1. The van der Waals surface area contributed by atoms with Crippen LogP contribution < -0.4 is 36.1 Å². The Balaban J connectivity index is 0.0000000985. The van der Waals surface area contributed by atoms with Crippen molar-refractivity contribution in [1.82, 2.24) is 104 Å². The van der Waals surface area contributed by atoms with Crippen LogP contribution in [0, 0.1) is 0 Å². The molecule has 18 heterocycles. The van der Waals surface area contributed by atoms with E-state index in [0.29, 0.717) is 72.3 Å². The Morgan fingerprint density at radius 2 is 0.673 bits per heavy atom. The summed E-state index contributed by atoms with van der Waals surface area (Å²) in [6, 6.07) is 86.4. The normalized spacial score (nSPS) is 21.6. The maximum Gasteiger partial charge on any atom is 0.231 e. The molecule has 16 aromatic rings. The zero-order valence-corrected chi connectivity index (χ0v) is 85.8. The number of aromatic nitrogens is 11. The number of aromatic hydroxyl groups is 1. The Morgan fingerprint density at radius 3 is 1.06 bits per heavy atom. The number of rotatable bonds is 21. The number of hydrogen-bond donors (Lipinski definition) is 6. The van der Waals surface area contributed by atoms with Crippen LogP contribution in [0.25, 0.3) is 66.3 Å². The summed E-state index contributed by atoms with van der Waals surface area (Å²) in [4.78, 5) is 47.1. The topological polar surface area (TPSA) is 229 Å². The van der Waals surface area contributed by atoms with Crippen molar-refractivity contribution in [3.8, 4) is 28.4 Å². The molecule has 0 spiro atoms. The van der Waals surface area contributed by atoms with E-state index in [0.717, 1.165) is 235 Å². The molecule has 10 aromatic carbocycles. The highest BCUT2D eigenvalue weighted by Gasteiger charge is 2.38. The Labute approximate surface area is 867 Å². The number of phenolic OH excluding ortho intramolecular Hbond substituents is 1. The molecule has 28 rings (SSSR count). The number of nitrogens with zero attached hydrogens (tertiary/aromatic N) is 17. The number of fused-ring (bicyclic) bond motifs is 7. The number of ether oxygens (including phenoxy) is 2. The number of hydrogen-bond acceptors (Lipinski definition) is 21. The van der Waals surface area contributed by atoms with E-state index >= 15 is 0 Å². The van der Waals surface area contributed by atoms with Crippen LogP contribution >= 0.6 is 11.3 Å². The van der Waals surface area contributed by atoms with E-state index in [-0.39, 0.29) is 0 Å². The number of aliphatic imine (C=N–C) groups is 1. The highest BCUT2D eigenvalue weighted by Crippen LogP contribution is 2.44. The van der Waals surface area contributed by atoms with Crippen molar-refractivity contribution in [3.05, 3.63) is 316 Å². The molecule has 0 amide bonds. The lowest BCUT2D eigenvalue weighted by Gasteiger charge is -2.34. The highest BCUT2D eigenvalue weighted by molar-refractivity contribution is 7.07. The first kappa shape index (κ1) is 97.0. The number of nitrogens with one attached hydrogen (secondary N) is 5. The number of thiazole rings is 1. The molecular formula is C121H142N22O3S. The highest BCUT2D eigenvalue weighted by atomic mass is 32.1. The molecule has 0 bridgehead atoms. The van der Waals surface area contributed by atoms with Gasteiger partial charge < -0.3 is 64.0 Å². The fourth-order valence-electron chi connectivity index (χ4n) is 25.7. The summed E-state index contributed by atoms with van der Waals surface area (Å²) >= 11 is 1.69. The van der Waals surface area contributed by atoms with Crippen molar-refractivity contribution in [1.29, 1.82) is 0 Å². The summed E-state index contributed by atoms with van der Waals surface area (Å²) < 4.78 is 24.1. The third-order valence-corrected chi connectivity index (χ3v) is 34.1. The van der Waals surface area contributed by atoms with Crippen LogP contribution in [0.2, 0.25) is 0 Å². The van der Waals surface area contributed by atoms with Gasteiger partial charge in [0, 0.05) is 208 Å². The minimum absolute atomic E-state index is 0.334. The largest absolute Gasteiger partial charge is 0.508 e. The van der Waals surface area contributed by atoms with Crippen molar-refractivity contribution >= 4 is 72.7 Å². The lowest BCUT2D eigenvalue weighted by atomic mass is 10.00. The second-order valence-electron chi connectivity index (χ2n) is 43.0. The van der Waals surface area contributed by atoms with Crippen LogP contribution in [-0.2, 0) is 39.3 Å². The Hall–Kier alpha value is -12.2. The molecule has 147 heavy (non-hydrogen) atoms. The third kappa shape index (κ3) is 21.9. The molecule has 25 nitrogen and oxygen atoms in total. The minimum atomic E-state index is 0.334. The van der Waals surface area contributed by atoms with Crippen LogP contribution in [0.5, 0.6) is 17.2 Å². The third-order valence-electron chi connectivity index (χ3n) is 33.5. The monoisotopic (exact) mass is 1980 g/mol. The van der Waals surface area contributed by atoms with Gasteiger partial charge in [0.25, 0.3) is 0 Å². The van der Waals surface area contributed by atoms with E-state index in [1.165, 1.54) is 178 Å². The molecule has 12 aliphatic heterocycles. The number of likely N-dealkylation sites (tertiary alicyclic amines) is 5. The van der Waals surface area contributed by atoms with Gasteiger partial charge >= 0.3 is 0 Å². The van der Waals surface area contributed by atoms with Crippen molar-refractivity contribution in [2.24, 2.45) is 4.99 Å². The molecule has 10 saturated heterocycles. The van der Waals surface area contributed by atoms with Crippen molar-refractivity contribution in [3.63, 3.8) is 0 Å². The summed E-state index contributed by atoms with van der Waals surface area (Å²) in [6.07, 6.45) is 19.7. The maximum atomic E-state index is 9.48. The van der Waals surface area contributed by atoms with E-state index in [1.54, 1.807) is 23.5 Å². The molecule has 0 unspecified atom stereocenters. The van der Waals surface area contributed by atoms with E-state index in [9.17, 15) is 5.11 Å². The molecule has 26 heteroatoms. The molecule has 12 aliphatic rings. The summed E-state index contributed by atoms with van der Waals surface area (Å²) in [5.74, 6) is 11.3. The molecular weight excluding hydrogens is 1840 g/mol. The van der Waals surface area contributed by atoms with Crippen molar-refractivity contribution in [2.75, 3.05) is 138 Å². The quantitative estimate of drug-likeness (QED) is 0.0393. The standard InChI is InChI=1S/C29H32N4.C25H29N5.C24H28N4O2.C23H28N4O.C20H25N5S/c1-2-8-23(9-3-1)24-10-6-7-22(19-24)21-32-17-14-26(15-18-32)33-28-12-5-4-11-27(28)31-29(33)25-13-16-30-20-25;1-2-4-24-23(3-1)28-25(20-7-10-26-15-20)30(24)22-8-11-29(12-9-22)17-18-5-6-19-14-27-16-21(19)13-18;1-2-6-21-20(5-1)26-24(17-8-11-25-14-17)28(21)19-9-12-27(13-10-19)15-18-4-3-7-22-23(18)30-16-29-22;28-20-7-5-17(6-8-20)16-26-13-10-19(11-14-26)27-22-4-2-1-3-21(22)25-23(27)18-9-12-24-15-18;1-2-4-19-18(3-1)23-20(15-5-8-21-11-15)25(19)17-6-9-24(10-7-17)12-16-13-26-14-22-16/h1-12,19,25-26,30H,13-18,20-21H2;1-6,13-14,20,22,26H,7-12,15-17H2;1-7,17,19,25H,8-16H2;1-8,18-19,24,28H,9-16H2;1-4,13-15,17,21H,5-12H2/t25-;20-;17-;18-;15-/m11111/s1. The van der Waals surface area contributed by atoms with Crippen LogP contribution in [0.4, 0.5) is 0 Å². The smallest absolute Gasteiger partial charge is 0.231 e. The number of para-hydroxylation sites is 11. The van der Waals surface area contributed by atoms with Crippen LogP contribution in [0.15, 0.2) is 252 Å². The molecule has 0 radical (unpaired) electrons. The van der Waals surface area contributed by atoms with Crippen molar-refractivity contribution < 1.29 is 14.6 Å². The number of benzene rings is 10. The molecule has 5 atom stereocenters. The molecule has 6 N–H and O–H groups in total. The van der Waals surface area contributed by atoms with Gasteiger partial charge in [-0.3, -0.25) is 29.5 Å². The first-order chi connectivity index (χ1) is 72.7. The second kappa shape index (κ2) is 45.5. The van der Waals surface area contributed by atoms with Gasteiger partial charge in [0.2, 0.25) is 6.79 Å². The van der Waals surface area contributed by atoms with E-state index in [4.69, 9.17) is 34.4 Å². The van der Waals surface area contributed by atoms with E-state index in [1.807, 2.05) is 29.9 Å². The first-order valence-electron chi connectivity index (χ1n) is 55.0. The maximum absolute atomic E-state index is 9.48. The van der Waals surface area contributed by atoms with E-state index in [2.05, 4.69) is 296 Å². The summed E-state index contributed by atoms with van der Waals surface area (Å²) in [5, 5.41) is 29.2. The van der Waals surface area contributed by atoms with Gasteiger partial charge in [-0.1, -0.05) is 152 Å². The van der Waals surface area contributed by atoms with Gasteiger partial charge in [0.15, 0.2) is 11.5 Å². The summed E-state index contributed by atoms with van der Waals surface area (Å²) in [7, 11) is 0. The van der Waals surface area contributed by atoms with Gasteiger partial charge in [0.05, 0.1) is 72.9 Å². The Morgan fingerprint density at radius 1 is 0.320 bits per heavy atom. The summed E-state index contributed by atoms with van der Waals surface area (Å²) in [6.45, 7) is 28.1. The zero-order valence-electron chi connectivity index (χ0n) is 85.0. The van der Waals surface area contributed by atoms with Crippen LogP contribution in [-0.4, -0.2) is 226 Å². The second-order valence-corrected chi connectivity index (χ2v) is 43.7. The average molecular weight is 1980 g/mol. The van der Waals surface area contributed by atoms with E-state index < -0.39 is 0 Å². The first-order valence-corrected chi connectivity index (χ1v) is 56.0. The predicted octanol–water partition coefficient (Wildman–Crippen LogP) is 20.2. The molecule has 6 aromatic heterocycles. The number of piperidine rings is 5. The molecule has 0 aliphatic carbocycles. The zero-order chi connectivity index (χ0) is 98.1. The minimum Gasteiger partial charge on any atom is -0.508 e. The van der Waals surface area contributed by atoms with Gasteiger partial charge in [-0.05, 0) is 253 Å². The van der Waals surface area contributed by atoms with Crippen LogP contribution in [0.1, 0.15) is 224 Å². The lowest BCUT2D eigenvalue weighted by molar-refractivity contribution is 0.165. The molecule has 760 valence electrons. The predicted molar refractivity (Wildman–Crippen MR) is 590 cm³/mol. The fraction of sp³-hybridized carbons (Fsp3) is 0.430. The van der Waals surface area contributed by atoms with Gasteiger partial charge in [0.1, 0.15) is 34.9 Å². The van der Waals surface area contributed by atoms with Gasteiger partial charge in [-0.2, -0.15) is 0 Å².